The molecule has 0 aliphatic heterocycles. The van der Waals surface area contributed by atoms with Crippen molar-refractivity contribution in [3.63, 3.8) is 0 Å². The quantitative estimate of drug-likeness (QED) is 0.568. The largest absolute Gasteiger partial charge is 0.133 e. The van der Waals surface area contributed by atoms with Crippen molar-refractivity contribution in [1.82, 2.24) is 0 Å². The van der Waals surface area contributed by atoms with E-state index in [2.05, 4.69) is 36.8 Å². The van der Waals surface area contributed by atoms with Crippen LogP contribution in [0.4, 0.5) is 0 Å². The maximum absolute atomic E-state index is 3.60. The molecule has 0 nitrogen and oxygen atoms in total. The fraction of sp³-hybridized carbons (Fsp3) is 0.538. The first-order valence-electron chi connectivity index (χ1n) is 5.07. The molecule has 70 valence electrons. The predicted molar refractivity (Wildman–Crippen MR) is 57.5 cm³/mol. The summed E-state index contributed by atoms with van der Waals surface area (Å²) in [5.41, 5.74) is 5.72. The third kappa shape index (κ3) is 3.11. The molecular weight excluding hydrogens is 156 g/mol. The van der Waals surface area contributed by atoms with Gasteiger partial charge in [-0.3, -0.25) is 0 Å². The van der Waals surface area contributed by atoms with Gasteiger partial charge in [0.1, 0.15) is 0 Å². The van der Waals surface area contributed by atoms with Crippen LogP contribution in [0.3, 0.4) is 0 Å². The Morgan fingerprint density at radius 2 is 1.46 bits per heavy atom. The van der Waals surface area contributed by atoms with Gasteiger partial charge < -0.3 is 0 Å². The second-order valence-corrected chi connectivity index (χ2v) is 3.74. The normalized spacial score (nSPS) is 26.2. The molecule has 0 unspecified atom stereocenters. The summed E-state index contributed by atoms with van der Waals surface area (Å²) in [5, 5.41) is 0. The molecule has 0 bridgehead atoms. The van der Waals surface area contributed by atoms with Crippen LogP contribution in [0.1, 0.15) is 32.1 Å². The minimum Gasteiger partial charge on any atom is -0.133 e. The molecule has 1 saturated carbocycles. The third-order valence-corrected chi connectivity index (χ3v) is 2.95. The Hall–Kier alpha value is -0.960. The van der Waals surface area contributed by atoms with Gasteiger partial charge >= 0.3 is 0 Å². The van der Waals surface area contributed by atoms with Crippen molar-refractivity contribution in [2.24, 2.45) is 11.8 Å². The van der Waals surface area contributed by atoms with Crippen molar-refractivity contribution in [2.75, 3.05) is 0 Å². The molecule has 0 aromatic carbocycles. The number of allylic oxidation sites excluding steroid dienone is 2. The molecular formula is C13H18. The fourth-order valence-corrected chi connectivity index (χ4v) is 2.20. The molecule has 0 amide bonds. The number of rotatable bonds is 4. The van der Waals surface area contributed by atoms with E-state index in [0.29, 0.717) is 0 Å². The van der Waals surface area contributed by atoms with Gasteiger partial charge in [0, 0.05) is 0 Å². The van der Waals surface area contributed by atoms with E-state index < -0.39 is 0 Å². The van der Waals surface area contributed by atoms with Gasteiger partial charge in [-0.2, -0.15) is 0 Å². The molecule has 2 atom stereocenters. The molecule has 1 aliphatic carbocycles. The Bertz CT molecular complexity index is 211. The van der Waals surface area contributed by atoms with Crippen molar-refractivity contribution < 1.29 is 0 Å². The Morgan fingerprint density at radius 1 is 1.00 bits per heavy atom. The molecule has 1 fully saturated rings. The Balaban J connectivity index is 2.42. The molecule has 13 heavy (non-hydrogen) atoms. The Morgan fingerprint density at radius 3 is 1.85 bits per heavy atom. The summed E-state index contributed by atoms with van der Waals surface area (Å²) in [6, 6.07) is 0. The summed E-state index contributed by atoms with van der Waals surface area (Å²) in [6.07, 6.45) is 10.6. The van der Waals surface area contributed by atoms with E-state index in [1.165, 1.54) is 19.3 Å². The zero-order chi connectivity index (χ0) is 9.52. The topological polar surface area (TPSA) is 0 Å². The van der Waals surface area contributed by atoms with Crippen LogP contribution in [0.15, 0.2) is 36.8 Å². The van der Waals surface area contributed by atoms with Crippen molar-refractivity contribution in [1.29, 1.82) is 0 Å². The van der Waals surface area contributed by atoms with E-state index in [9.17, 15) is 0 Å². The highest BCUT2D eigenvalue weighted by Gasteiger charge is 2.24. The summed E-state index contributed by atoms with van der Waals surface area (Å²) in [6.45, 7) is 7.20. The van der Waals surface area contributed by atoms with Crippen LogP contribution in [0, 0.1) is 11.8 Å². The number of hydrogen-bond acceptors (Lipinski definition) is 0. The van der Waals surface area contributed by atoms with Crippen LogP contribution in [-0.2, 0) is 0 Å². The summed E-state index contributed by atoms with van der Waals surface area (Å²) in [4.78, 5) is 0. The van der Waals surface area contributed by atoms with Crippen LogP contribution in [0.2, 0.25) is 0 Å². The van der Waals surface area contributed by atoms with Gasteiger partial charge in [-0.15, -0.1) is 11.5 Å². The first-order chi connectivity index (χ1) is 6.38. The lowest BCUT2D eigenvalue weighted by molar-refractivity contribution is 0.395. The molecule has 0 aromatic rings. The molecule has 0 radical (unpaired) electrons. The van der Waals surface area contributed by atoms with E-state index in [0.717, 1.165) is 24.7 Å². The van der Waals surface area contributed by atoms with Crippen molar-refractivity contribution in [3.05, 3.63) is 36.8 Å². The van der Waals surface area contributed by atoms with Crippen LogP contribution >= 0.6 is 0 Å². The molecule has 0 N–H and O–H groups in total. The smallest absolute Gasteiger partial charge is 0.0243 e. The highest BCUT2D eigenvalue weighted by Crippen LogP contribution is 2.36. The fourth-order valence-electron chi connectivity index (χ4n) is 2.20. The lowest BCUT2D eigenvalue weighted by atomic mass is 9.90. The molecule has 0 aromatic heterocycles. The van der Waals surface area contributed by atoms with Gasteiger partial charge in [-0.25, -0.2) is 0 Å². The summed E-state index contributed by atoms with van der Waals surface area (Å²) in [5.74, 6) is 1.69. The van der Waals surface area contributed by atoms with Gasteiger partial charge in [-0.05, 0) is 49.7 Å². The van der Waals surface area contributed by atoms with Crippen molar-refractivity contribution >= 4 is 0 Å². The molecule has 0 heteroatoms. The first kappa shape index (κ1) is 10.1. The van der Waals surface area contributed by atoms with Crippen LogP contribution in [-0.4, -0.2) is 0 Å². The van der Waals surface area contributed by atoms with Gasteiger partial charge in [0.05, 0.1) is 0 Å². The third-order valence-electron chi connectivity index (χ3n) is 2.95. The lowest BCUT2D eigenvalue weighted by Gasteiger charge is -2.15. The van der Waals surface area contributed by atoms with E-state index >= 15 is 0 Å². The first-order valence-corrected chi connectivity index (χ1v) is 5.07. The predicted octanol–water partition coefficient (Wildman–Crippen LogP) is 3.87. The molecule has 0 heterocycles. The Labute approximate surface area is 81.4 Å². The SMILES string of the molecule is C=C=CC[C@@H]1CCC[C@H]1CC=C=C. The average molecular weight is 174 g/mol. The van der Waals surface area contributed by atoms with E-state index in [1.807, 2.05) is 0 Å². The molecule has 1 rings (SSSR count). The maximum Gasteiger partial charge on any atom is -0.0243 e. The van der Waals surface area contributed by atoms with Gasteiger partial charge in [0.15, 0.2) is 0 Å². The lowest BCUT2D eigenvalue weighted by Crippen LogP contribution is -2.05. The minimum absolute atomic E-state index is 0.846. The molecule has 0 saturated heterocycles. The summed E-state index contributed by atoms with van der Waals surface area (Å²) in [7, 11) is 0. The van der Waals surface area contributed by atoms with Crippen molar-refractivity contribution in [3.8, 4) is 0 Å². The Kier molecular flexibility index (Phi) is 4.40. The number of hydrogen-bond donors (Lipinski definition) is 0. The van der Waals surface area contributed by atoms with Gasteiger partial charge in [-0.1, -0.05) is 19.6 Å². The standard InChI is InChI=1S/C13H18/c1-3-5-8-12-10-7-11-13(12)9-6-4-2/h5-6,12-13H,1-2,7-11H2/t12-,13-/m1/s1. The van der Waals surface area contributed by atoms with Gasteiger partial charge in [0.2, 0.25) is 0 Å². The second kappa shape index (κ2) is 5.65. The molecule has 1 aliphatic rings. The van der Waals surface area contributed by atoms with Gasteiger partial charge in [0.25, 0.3) is 0 Å². The molecule has 0 spiro atoms. The van der Waals surface area contributed by atoms with Crippen LogP contribution < -0.4 is 0 Å². The summed E-state index contributed by atoms with van der Waals surface area (Å²) < 4.78 is 0. The van der Waals surface area contributed by atoms with Crippen molar-refractivity contribution in [2.45, 2.75) is 32.1 Å². The zero-order valence-electron chi connectivity index (χ0n) is 8.26. The van der Waals surface area contributed by atoms with E-state index in [4.69, 9.17) is 0 Å². The highest BCUT2D eigenvalue weighted by molar-refractivity contribution is 4.89. The minimum atomic E-state index is 0.846. The summed E-state index contributed by atoms with van der Waals surface area (Å²) >= 11 is 0. The van der Waals surface area contributed by atoms with E-state index in [1.54, 1.807) is 0 Å². The van der Waals surface area contributed by atoms with Crippen LogP contribution in [0.5, 0.6) is 0 Å². The average Bonchev–Trinajstić information content (AvgIpc) is 2.59. The zero-order valence-corrected chi connectivity index (χ0v) is 8.26. The van der Waals surface area contributed by atoms with Crippen LogP contribution in [0.25, 0.3) is 0 Å². The van der Waals surface area contributed by atoms with E-state index in [-0.39, 0.29) is 0 Å². The second-order valence-electron chi connectivity index (χ2n) is 3.74. The maximum atomic E-state index is 3.60. The highest BCUT2D eigenvalue weighted by atomic mass is 14.3. The monoisotopic (exact) mass is 174 g/mol.